The fourth-order valence-electron chi connectivity index (χ4n) is 2.17. The maximum atomic E-state index is 11.7. The molecule has 1 heterocycles. The first-order valence-electron chi connectivity index (χ1n) is 7.23. The first-order valence-corrected chi connectivity index (χ1v) is 8.67. The summed E-state index contributed by atoms with van der Waals surface area (Å²) in [6.45, 7) is 2.89. The summed E-state index contributed by atoms with van der Waals surface area (Å²) >= 11 is 0. The Balaban J connectivity index is 2.07. The highest BCUT2D eigenvalue weighted by Crippen LogP contribution is 2.19. The van der Waals surface area contributed by atoms with Gasteiger partial charge >= 0.3 is 0 Å². The molecule has 0 amide bonds. The van der Waals surface area contributed by atoms with E-state index in [9.17, 15) is 13.5 Å². The van der Waals surface area contributed by atoms with Crippen LogP contribution in [0.25, 0.3) is 0 Å². The van der Waals surface area contributed by atoms with Crippen molar-refractivity contribution in [3.8, 4) is 0 Å². The van der Waals surface area contributed by atoms with Crippen LogP contribution in [0.3, 0.4) is 0 Å². The predicted octanol–water partition coefficient (Wildman–Crippen LogP) is 2.03. The Morgan fingerprint density at radius 2 is 1.68 bits per heavy atom. The lowest BCUT2D eigenvalue weighted by Crippen LogP contribution is -2.17. The van der Waals surface area contributed by atoms with Crippen molar-refractivity contribution in [1.82, 2.24) is 5.01 Å². The molecule has 1 saturated heterocycles. The number of benzene rings is 1. The molecule has 0 unspecified atom stereocenters. The summed E-state index contributed by atoms with van der Waals surface area (Å²) in [5, 5.41) is 21.1. The normalized spacial score (nSPS) is 17.7. The molecule has 8 heteroatoms. The molecule has 0 aliphatic carbocycles. The highest BCUT2D eigenvalue weighted by Gasteiger charge is 2.11. The third kappa shape index (κ3) is 4.80. The summed E-state index contributed by atoms with van der Waals surface area (Å²) in [4.78, 5) is -0.0311. The molecule has 0 atom stereocenters. The van der Waals surface area contributed by atoms with Crippen LogP contribution in [-0.4, -0.2) is 32.4 Å². The molecule has 7 nitrogen and oxygen atoms in total. The van der Waals surface area contributed by atoms with Crippen molar-refractivity contribution in [3.05, 3.63) is 24.3 Å². The second kappa shape index (κ2) is 7.35. The Morgan fingerprint density at radius 3 is 2.23 bits per heavy atom. The quantitative estimate of drug-likeness (QED) is 0.481. The van der Waals surface area contributed by atoms with Crippen LogP contribution in [-0.2, 0) is 10.0 Å². The lowest BCUT2D eigenvalue weighted by Gasteiger charge is -2.13. The van der Waals surface area contributed by atoms with E-state index in [1.165, 1.54) is 25.0 Å². The number of hydrogen-bond donors (Lipinski definition) is 0. The molecule has 22 heavy (non-hydrogen) atoms. The maximum absolute atomic E-state index is 11.7. The van der Waals surface area contributed by atoms with E-state index >= 15 is 0 Å². The van der Waals surface area contributed by atoms with Crippen molar-refractivity contribution in [2.75, 3.05) is 13.1 Å². The van der Waals surface area contributed by atoms with E-state index in [-0.39, 0.29) is 4.90 Å². The number of rotatable bonds is 4. The van der Waals surface area contributed by atoms with E-state index in [0.29, 0.717) is 5.69 Å². The lowest BCUT2D eigenvalue weighted by atomic mass is 10.2. The van der Waals surface area contributed by atoms with Crippen molar-refractivity contribution in [2.24, 2.45) is 14.7 Å². The second-order valence-corrected chi connectivity index (χ2v) is 6.74. The molecule has 0 spiro atoms. The highest BCUT2D eigenvalue weighted by molar-refractivity contribution is 7.90. The summed E-state index contributed by atoms with van der Waals surface area (Å²) in [6, 6.07) is 5.84. The van der Waals surface area contributed by atoms with Gasteiger partial charge in [-0.2, -0.15) is 12.8 Å². The van der Waals surface area contributed by atoms with Crippen LogP contribution < -0.4 is 5.11 Å². The van der Waals surface area contributed by atoms with Gasteiger partial charge in [-0.3, -0.25) is 5.01 Å². The first-order chi connectivity index (χ1) is 10.5. The molecule has 0 saturated carbocycles. The van der Waals surface area contributed by atoms with Crippen LogP contribution in [0.1, 0.15) is 32.6 Å². The molecule has 120 valence electrons. The van der Waals surface area contributed by atoms with E-state index in [1.807, 2.05) is 5.01 Å². The van der Waals surface area contributed by atoms with Crippen molar-refractivity contribution in [1.29, 1.82) is 0 Å². The number of hydrogen-bond acceptors (Lipinski definition) is 5. The zero-order valence-electron chi connectivity index (χ0n) is 12.5. The zero-order chi connectivity index (χ0) is 16.0. The maximum Gasteiger partial charge on any atom is 0.281 e. The van der Waals surface area contributed by atoms with Crippen molar-refractivity contribution < 1.29 is 13.5 Å². The third-order valence-corrected chi connectivity index (χ3v) is 4.62. The number of sulfonamides is 1. The zero-order valence-corrected chi connectivity index (χ0v) is 13.3. The van der Waals surface area contributed by atoms with Gasteiger partial charge in [0, 0.05) is 13.1 Å². The highest BCUT2D eigenvalue weighted by atomic mass is 32.2. The van der Waals surface area contributed by atoms with Gasteiger partial charge in [-0.05, 0) is 49.9 Å². The summed E-state index contributed by atoms with van der Waals surface area (Å²) in [6.07, 6.45) is 4.67. The van der Waals surface area contributed by atoms with E-state index in [2.05, 4.69) is 14.7 Å². The molecule has 1 aliphatic heterocycles. The monoisotopic (exact) mass is 323 g/mol. The second-order valence-electron chi connectivity index (χ2n) is 5.14. The number of nitrogens with zero attached hydrogens (tertiary/aromatic N) is 4. The average Bonchev–Trinajstić information content (AvgIpc) is 2.73. The van der Waals surface area contributed by atoms with Crippen LogP contribution in [0.4, 0.5) is 5.69 Å². The SMILES string of the molecule is C/C([O-])=N\S(=O)(=O)c1ccc(N=NN2CCCCCC2)cc1. The van der Waals surface area contributed by atoms with Gasteiger partial charge in [-0.1, -0.05) is 18.1 Å². The van der Waals surface area contributed by atoms with E-state index in [0.717, 1.165) is 32.9 Å². The molecule has 1 fully saturated rings. The van der Waals surface area contributed by atoms with Crippen LogP contribution >= 0.6 is 0 Å². The molecular weight excluding hydrogens is 304 g/mol. The van der Waals surface area contributed by atoms with E-state index < -0.39 is 15.9 Å². The van der Waals surface area contributed by atoms with Crippen LogP contribution in [0.2, 0.25) is 0 Å². The van der Waals surface area contributed by atoms with Crippen LogP contribution in [0.15, 0.2) is 43.9 Å². The molecule has 0 radical (unpaired) electrons. The summed E-state index contributed by atoms with van der Waals surface area (Å²) in [5.74, 6) is -0.745. The molecule has 1 aromatic carbocycles. The minimum atomic E-state index is -3.92. The van der Waals surface area contributed by atoms with Gasteiger partial charge in [-0.15, -0.1) is 5.11 Å². The molecule has 0 N–H and O–H groups in total. The van der Waals surface area contributed by atoms with Gasteiger partial charge in [0.2, 0.25) is 0 Å². The third-order valence-electron chi connectivity index (χ3n) is 3.25. The van der Waals surface area contributed by atoms with Gasteiger partial charge in [0.05, 0.1) is 10.6 Å². The summed E-state index contributed by atoms with van der Waals surface area (Å²) in [7, 11) is -3.92. The summed E-state index contributed by atoms with van der Waals surface area (Å²) < 4.78 is 26.6. The van der Waals surface area contributed by atoms with E-state index in [4.69, 9.17) is 0 Å². The van der Waals surface area contributed by atoms with Crippen LogP contribution in [0.5, 0.6) is 0 Å². The molecule has 0 bridgehead atoms. The van der Waals surface area contributed by atoms with Gasteiger partial charge in [-0.25, -0.2) is 0 Å². The molecule has 1 aromatic rings. The Labute approximate surface area is 130 Å². The smallest absolute Gasteiger partial charge is 0.281 e. The fourth-order valence-corrected chi connectivity index (χ4v) is 3.09. The predicted molar refractivity (Wildman–Crippen MR) is 81.3 cm³/mol. The van der Waals surface area contributed by atoms with Gasteiger partial charge in [0.1, 0.15) is 0 Å². The molecule has 2 rings (SSSR count). The van der Waals surface area contributed by atoms with Crippen molar-refractivity contribution >= 4 is 21.6 Å². The summed E-state index contributed by atoms with van der Waals surface area (Å²) in [5.41, 5.74) is 0.561. The van der Waals surface area contributed by atoms with Crippen molar-refractivity contribution in [2.45, 2.75) is 37.5 Å². The van der Waals surface area contributed by atoms with E-state index in [1.54, 1.807) is 12.1 Å². The standard InChI is InChI=1S/C14H20N4O3S/c1-12(19)16-22(20,21)14-8-6-13(7-9-14)15-17-18-10-4-2-3-5-11-18/h6-9H,2-5,10-11H2,1H3,(H,16,19)/p-1. The van der Waals surface area contributed by atoms with Crippen molar-refractivity contribution in [3.63, 3.8) is 0 Å². The van der Waals surface area contributed by atoms with Gasteiger partial charge in [0.15, 0.2) is 0 Å². The lowest BCUT2D eigenvalue weighted by molar-refractivity contribution is -0.215. The Bertz CT molecular complexity index is 641. The Hall–Kier alpha value is -1.96. The van der Waals surface area contributed by atoms with Gasteiger partial charge < -0.3 is 5.11 Å². The van der Waals surface area contributed by atoms with Crippen LogP contribution in [0, 0.1) is 0 Å². The van der Waals surface area contributed by atoms with Gasteiger partial charge in [0.25, 0.3) is 10.0 Å². The minimum Gasteiger partial charge on any atom is -0.861 e. The molecule has 1 aliphatic rings. The average molecular weight is 323 g/mol. The topological polar surface area (TPSA) is 97.5 Å². The molecular formula is C14H19N4O3S-. The molecule has 0 aromatic heterocycles. The Morgan fingerprint density at radius 1 is 1.09 bits per heavy atom. The first kappa shape index (κ1) is 16.4. The Kier molecular flexibility index (Phi) is 5.48. The largest absolute Gasteiger partial charge is 0.861 e. The minimum absolute atomic E-state index is 0.0311. The fraction of sp³-hybridized carbons (Fsp3) is 0.500.